The van der Waals surface area contributed by atoms with E-state index in [9.17, 15) is 14.0 Å². The molecule has 0 spiro atoms. The first kappa shape index (κ1) is 14.9. The lowest BCUT2D eigenvalue weighted by Gasteiger charge is -2.15. The third-order valence-electron chi connectivity index (χ3n) is 3.09. The van der Waals surface area contributed by atoms with Gasteiger partial charge in [-0.1, -0.05) is 24.3 Å². The minimum atomic E-state index is -1.16. The Morgan fingerprint density at radius 2 is 1.90 bits per heavy atom. The quantitative estimate of drug-likeness (QED) is 0.831. The second-order valence-electron chi connectivity index (χ2n) is 4.37. The average Bonchev–Trinajstić information content (AvgIpc) is 2.52. The normalized spacial score (nSPS) is 12.0. The van der Waals surface area contributed by atoms with Gasteiger partial charge in [-0.05, 0) is 17.5 Å². The van der Waals surface area contributed by atoms with E-state index in [0.29, 0.717) is 10.8 Å². The third kappa shape index (κ3) is 3.00. The van der Waals surface area contributed by atoms with Crippen LogP contribution >= 0.6 is 0 Å². The second-order valence-corrected chi connectivity index (χ2v) is 4.37. The molecule has 0 fully saturated rings. The lowest BCUT2D eigenvalue weighted by molar-refractivity contribution is -0.143. The molecule has 2 N–H and O–H groups in total. The Bertz CT molecular complexity index is 686. The van der Waals surface area contributed by atoms with Gasteiger partial charge in [-0.15, -0.1) is 0 Å². The van der Waals surface area contributed by atoms with Gasteiger partial charge in [0, 0.05) is 10.9 Å². The number of benzene rings is 2. The number of carbonyl (C=O) groups excluding carboxylic acids is 2. The Morgan fingerprint density at radius 1 is 1.24 bits per heavy atom. The van der Waals surface area contributed by atoms with Crippen molar-refractivity contribution >= 4 is 22.6 Å². The fourth-order valence-corrected chi connectivity index (χ4v) is 2.02. The van der Waals surface area contributed by atoms with Gasteiger partial charge in [0.25, 0.3) is 5.91 Å². The molecule has 0 heterocycles. The fourth-order valence-electron chi connectivity index (χ4n) is 2.02. The summed E-state index contributed by atoms with van der Waals surface area (Å²) in [6.45, 7) is -0.586. The molecule has 5 nitrogen and oxygen atoms in total. The molecule has 0 aliphatic rings. The highest BCUT2D eigenvalue weighted by Crippen LogP contribution is 2.21. The number of aliphatic hydroxyl groups is 1. The first-order valence-corrected chi connectivity index (χ1v) is 6.25. The predicted molar refractivity (Wildman–Crippen MR) is 74.3 cm³/mol. The molecule has 0 saturated heterocycles. The molecule has 1 amide bonds. The molecule has 0 radical (unpaired) electrons. The third-order valence-corrected chi connectivity index (χ3v) is 3.09. The lowest BCUT2D eigenvalue weighted by atomic mass is 10.0. The molecule has 0 aliphatic heterocycles. The maximum atomic E-state index is 13.7. The lowest BCUT2D eigenvalue weighted by Crippen LogP contribution is -2.44. The highest BCUT2D eigenvalue weighted by Gasteiger charge is 2.22. The van der Waals surface area contributed by atoms with E-state index in [2.05, 4.69) is 10.1 Å². The summed E-state index contributed by atoms with van der Waals surface area (Å²) in [4.78, 5) is 23.6. The van der Waals surface area contributed by atoms with Gasteiger partial charge in [-0.3, -0.25) is 4.79 Å². The van der Waals surface area contributed by atoms with Crippen LogP contribution in [0.25, 0.3) is 10.8 Å². The summed E-state index contributed by atoms with van der Waals surface area (Å²) in [6.07, 6.45) is 0. The van der Waals surface area contributed by atoms with E-state index < -0.39 is 30.3 Å². The summed E-state index contributed by atoms with van der Waals surface area (Å²) in [6, 6.07) is 7.87. The number of aliphatic hydroxyl groups excluding tert-OH is 1. The standard InChI is InChI=1S/C15H14FNO4/c1-21-15(20)13(8-18)17-14(19)11-6-7-12(16)10-5-3-2-4-9(10)11/h2-7,13,18H,8H2,1H3,(H,17,19). The maximum absolute atomic E-state index is 13.7. The van der Waals surface area contributed by atoms with Gasteiger partial charge in [0.1, 0.15) is 5.82 Å². The SMILES string of the molecule is COC(=O)C(CO)NC(=O)c1ccc(F)c2ccccc12. The number of hydrogen-bond acceptors (Lipinski definition) is 4. The molecule has 0 aromatic heterocycles. The Hall–Kier alpha value is -2.47. The minimum absolute atomic E-state index is 0.217. The highest BCUT2D eigenvalue weighted by molar-refractivity contribution is 6.08. The molecule has 0 saturated carbocycles. The molecule has 0 bridgehead atoms. The molecule has 2 aromatic rings. The molecule has 2 rings (SSSR count). The van der Waals surface area contributed by atoms with E-state index in [-0.39, 0.29) is 5.56 Å². The molecule has 6 heteroatoms. The van der Waals surface area contributed by atoms with Crippen LogP contribution in [-0.4, -0.2) is 36.7 Å². The highest BCUT2D eigenvalue weighted by atomic mass is 19.1. The monoisotopic (exact) mass is 291 g/mol. The Labute approximate surface area is 120 Å². The molecule has 1 atom stereocenters. The van der Waals surface area contributed by atoms with E-state index in [1.807, 2.05) is 0 Å². The second kappa shape index (κ2) is 6.32. The summed E-state index contributed by atoms with van der Waals surface area (Å²) in [7, 11) is 1.16. The van der Waals surface area contributed by atoms with E-state index in [4.69, 9.17) is 5.11 Å². The predicted octanol–water partition coefficient (Wildman–Crippen LogP) is 1.24. The zero-order valence-electron chi connectivity index (χ0n) is 11.3. The fraction of sp³-hybridized carbons (Fsp3) is 0.200. The molecular formula is C15H14FNO4. The number of rotatable bonds is 4. The summed E-state index contributed by atoms with van der Waals surface area (Å²) >= 11 is 0. The van der Waals surface area contributed by atoms with Crippen LogP contribution in [0.15, 0.2) is 36.4 Å². The average molecular weight is 291 g/mol. The summed E-state index contributed by atoms with van der Waals surface area (Å²) < 4.78 is 18.2. The molecule has 110 valence electrons. The first-order chi connectivity index (χ1) is 10.1. The summed E-state index contributed by atoms with van der Waals surface area (Å²) in [5.41, 5.74) is 0.217. The van der Waals surface area contributed by atoms with Crippen molar-refractivity contribution in [2.75, 3.05) is 13.7 Å². The van der Waals surface area contributed by atoms with Gasteiger partial charge < -0.3 is 15.2 Å². The summed E-state index contributed by atoms with van der Waals surface area (Å²) in [5.74, 6) is -1.78. The smallest absolute Gasteiger partial charge is 0.330 e. The van der Waals surface area contributed by atoms with Gasteiger partial charge in [0.15, 0.2) is 6.04 Å². The van der Waals surface area contributed by atoms with Crippen LogP contribution in [0.3, 0.4) is 0 Å². The molecular weight excluding hydrogens is 277 g/mol. The molecule has 0 aliphatic carbocycles. The van der Waals surface area contributed by atoms with Gasteiger partial charge in [-0.25, -0.2) is 9.18 Å². The van der Waals surface area contributed by atoms with Crippen molar-refractivity contribution in [3.8, 4) is 0 Å². The van der Waals surface area contributed by atoms with Crippen molar-refractivity contribution in [3.63, 3.8) is 0 Å². The number of nitrogens with one attached hydrogen (secondary N) is 1. The van der Waals surface area contributed by atoms with E-state index in [1.54, 1.807) is 24.3 Å². The van der Waals surface area contributed by atoms with Crippen LogP contribution in [0.5, 0.6) is 0 Å². The Kier molecular flexibility index (Phi) is 4.49. The van der Waals surface area contributed by atoms with Crippen LogP contribution in [0.4, 0.5) is 4.39 Å². The van der Waals surface area contributed by atoms with Gasteiger partial charge in [-0.2, -0.15) is 0 Å². The number of carbonyl (C=O) groups is 2. The summed E-state index contributed by atoms with van der Waals surface area (Å²) in [5, 5.41) is 12.2. The first-order valence-electron chi connectivity index (χ1n) is 6.25. The Balaban J connectivity index is 2.36. The van der Waals surface area contributed by atoms with Crippen molar-refractivity contribution in [2.24, 2.45) is 0 Å². The van der Waals surface area contributed by atoms with Gasteiger partial charge in [0.2, 0.25) is 0 Å². The zero-order chi connectivity index (χ0) is 15.4. The van der Waals surface area contributed by atoms with E-state index in [1.165, 1.54) is 12.1 Å². The van der Waals surface area contributed by atoms with Gasteiger partial charge >= 0.3 is 5.97 Å². The molecule has 1 unspecified atom stereocenters. The van der Waals surface area contributed by atoms with Crippen LogP contribution < -0.4 is 5.32 Å². The number of halogens is 1. The zero-order valence-corrected chi connectivity index (χ0v) is 11.3. The number of esters is 1. The van der Waals surface area contributed by atoms with Crippen molar-refractivity contribution < 1.29 is 23.8 Å². The molecule has 21 heavy (non-hydrogen) atoms. The number of fused-ring (bicyclic) bond motifs is 1. The van der Waals surface area contributed by atoms with Crippen LogP contribution in [0.1, 0.15) is 10.4 Å². The van der Waals surface area contributed by atoms with Crippen LogP contribution in [0, 0.1) is 5.82 Å². The number of hydrogen-bond donors (Lipinski definition) is 2. The van der Waals surface area contributed by atoms with E-state index in [0.717, 1.165) is 7.11 Å². The minimum Gasteiger partial charge on any atom is -0.467 e. The number of amides is 1. The van der Waals surface area contributed by atoms with Crippen molar-refractivity contribution in [1.29, 1.82) is 0 Å². The van der Waals surface area contributed by atoms with Crippen molar-refractivity contribution in [2.45, 2.75) is 6.04 Å². The number of methoxy groups -OCH3 is 1. The van der Waals surface area contributed by atoms with Crippen molar-refractivity contribution in [1.82, 2.24) is 5.32 Å². The van der Waals surface area contributed by atoms with Crippen LogP contribution in [-0.2, 0) is 9.53 Å². The maximum Gasteiger partial charge on any atom is 0.330 e. The topological polar surface area (TPSA) is 75.6 Å². The Morgan fingerprint density at radius 3 is 2.52 bits per heavy atom. The molecule has 2 aromatic carbocycles. The number of ether oxygens (including phenoxy) is 1. The van der Waals surface area contributed by atoms with Crippen molar-refractivity contribution in [3.05, 3.63) is 47.8 Å². The largest absolute Gasteiger partial charge is 0.467 e. The van der Waals surface area contributed by atoms with E-state index >= 15 is 0 Å². The van der Waals surface area contributed by atoms with Gasteiger partial charge in [0.05, 0.1) is 13.7 Å². The van der Waals surface area contributed by atoms with Crippen LogP contribution in [0.2, 0.25) is 0 Å².